The van der Waals surface area contributed by atoms with Crippen molar-refractivity contribution in [2.75, 3.05) is 13.2 Å². The van der Waals surface area contributed by atoms with Gasteiger partial charge in [-0.05, 0) is 34.6 Å². The molecular formula is C14H22N2O7. The summed E-state index contributed by atoms with van der Waals surface area (Å²) in [5, 5.41) is 0.644. The van der Waals surface area contributed by atoms with E-state index in [4.69, 9.17) is 18.9 Å². The Morgan fingerprint density at radius 2 is 1.83 bits per heavy atom. The lowest BCUT2D eigenvalue weighted by atomic mass is 10.3. The molecule has 1 heterocycles. The normalized spacial score (nSPS) is 14.0. The van der Waals surface area contributed by atoms with Crippen LogP contribution >= 0.6 is 0 Å². The van der Waals surface area contributed by atoms with E-state index in [1.165, 1.54) is 0 Å². The van der Waals surface area contributed by atoms with Crippen LogP contribution in [-0.4, -0.2) is 48.4 Å². The first-order valence-electron chi connectivity index (χ1n) is 7.27. The fraction of sp³-hybridized carbons (Fsp3) is 0.643. The van der Waals surface area contributed by atoms with Crippen LogP contribution in [-0.2, 0) is 23.7 Å². The van der Waals surface area contributed by atoms with Gasteiger partial charge in [0.25, 0.3) is 0 Å². The molecule has 0 saturated heterocycles. The van der Waals surface area contributed by atoms with Crippen molar-refractivity contribution in [2.24, 2.45) is 0 Å². The lowest BCUT2D eigenvalue weighted by Gasteiger charge is -2.23. The van der Waals surface area contributed by atoms with Gasteiger partial charge in [0.2, 0.25) is 5.78 Å². The molecule has 1 N–H and O–H groups in total. The maximum Gasteiger partial charge on any atom is 0.434 e. The summed E-state index contributed by atoms with van der Waals surface area (Å²) in [5.74, 6) is -0.679. The summed E-state index contributed by atoms with van der Waals surface area (Å²) in [7, 11) is 0. The highest BCUT2D eigenvalue weighted by atomic mass is 16.7. The van der Waals surface area contributed by atoms with Crippen LogP contribution in [0.25, 0.3) is 0 Å². The molecule has 0 unspecified atom stereocenters. The van der Waals surface area contributed by atoms with Crippen molar-refractivity contribution in [3.63, 3.8) is 0 Å². The number of carbonyl (C=O) groups is 3. The van der Waals surface area contributed by atoms with Gasteiger partial charge >= 0.3 is 18.1 Å². The number of Topliss-reactive ketones (excluding diaryl/α,β-unsaturated/α-hetero) is 1. The second-order valence-corrected chi connectivity index (χ2v) is 5.11. The summed E-state index contributed by atoms with van der Waals surface area (Å²) in [5.41, 5.74) is 1.94. The van der Waals surface area contributed by atoms with E-state index in [9.17, 15) is 14.4 Å². The van der Waals surface area contributed by atoms with Crippen molar-refractivity contribution in [3.8, 4) is 0 Å². The predicted octanol–water partition coefficient (Wildman–Crippen LogP) is 1.69. The van der Waals surface area contributed by atoms with Gasteiger partial charge in [-0.3, -0.25) is 4.79 Å². The zero-order valence-corrected chi connectivity index (χ0v) is 13.9. The number of ether oxygens (including phenoxy) is 4. The lowest BCUT2D eigenvalue weighted by Crippen LogP contribution is -2.48. The Balaban J connectivity index is 3.07. The maximum absolute atomic E-state index is 12.2. The standard InChI is InChI=1S/C14H22N2O7/c1-6-20-12-11(10(17)7-21-12)16(14(19)23-9(4)5)15-13(18)22-8(2)3/h8-9H,6-7H2,1-5H3,(H,15,18). The highest BCUT2D eigenvalue weighted by molar-refractivity contribution is 6.01. The third kappa shape index (κ3) is 5.35. The van der Waals surface area contributed by atoms with Crippen LogP contribution in [0, 0.1) is 0 Å². The van der Waals surface area contributed by atoms with Crippen LogP contribution in [0.1, 0.15) is 34.6 Å². The molecule has 1 aliphatic rings. The Morgan fingerprint density at radius 3 is 2.35 bits per heavy atom. The summed E-state index contributed by atoms with van der Waals surface area (Å²) in [4.78, 5) is 36.0. The molecule has 0 aromatic heterocycles. The maximum atomic E-state index is 12.2. The van der Waals surface area contributed by atoms with Gasteiger partial charge in [-0.2, -0.15) is 5.01 Å². The minimum Gasteiger partial charge on any atom is -0.464 e. The van der Waals surface area contributed by atoms with E-state index >= 15 is 0 Å². The molecule has 1 aliphatic heterocycles. The third-order valence-electron chi connectivity index (χ3n) is 2.36. The Bertz CT molecular complexity index is 499. The topological polar surface area (TPSA) is 103 Å². The SMILES string of the molecule is CCOC1=C(N(NC(=O)OC(C)C)C(=O)OC(C)C)C(=O)CO1. The number of rotatable bonds is 5. The zero-order chi connectivity index (χ0) is 17.6. The molecule has 23 heavy (non-hydrogen) atoms. The van der Waals surface area contributed by atoms with Crippen molar-refractivity contribution in [2.45, 2.75) is 46.8 Å². The number of hydrogen-bond acceptors (Lipinski definition) is 7. The molecule has 9 heteroatoms. The molecule has 0 aromatic carbocycles. The van der Waals surface area contributed by atoms with E-state index in [0.717, 1.165) is 0 Å². The van der Waals surface area contributed by atoms with Gasteiger partial charge in [0.15, 0.2) is 12.3 Å². The molecule has 0 spiro atoms. The van der Waals surface area contributed by atoms with Gasteiger partial charge in [-0.1, -0.05) is 0 Å². The molecule has 0 fully saturated rings. The molecule has 0 aromatic rings. The van der Waals surface area contributed by atoms with E-state index < -0.39 is 30.2 Å². The van der Waals surface area contributed by atoms with Crippen molar-refractivity contribution in [3.05, 3.63) is 11.6 Å². The van der Waals surface area contributed by atoms with Crippen LogP contribution < -0.4 is 5.43 Å². The van der Waals surface area contributed by atoms with E-state index in [1.807, 2.05) is 0 Å². The molecule has 0 saturated carbocycles. The number of carbonyl (C=O) groups excluding carboxylic acids is 3. The average molecular weight is 330 g/mol. The molecule has 0 radical (unpaired) electrons. The van der Waals surface area contributed by atoms with Gasteiger partial charge in [0, 0.05) is 0 Å². The number of nitrogens with zero attached hydrogens (tertiary/aromatic N) is 1. The molecular weight excluding hydrogens is 308 g/mol. The molecule has 130 valence electrons. The Hall–Kier alpha value is -2.45. The van der Waals surface area contributed by atoms with Crippen LogP contribution in [0.2, 0.25) is 0 Å². The molecule has 0 bridgehead atoms. The summed E-state index contributed by atoms with van der Waals surface area (Å²) >= 11 is 0. The van der Waals surface area contributed by atoms with Gasteiger partial charge < -0.3 is 18.9 Å². The molecule has 0 aliphatic carbocycles. The van der Waals surface area contributed by atoms with Crippen molar-refractivity contribution in [1.29, 1.82) is 0 Å². The second-order valence-electron chi connectivity index (χ2n) is 5.11. The van der Waals surface area contributed by atoms with Crippen LogP contribution in [0.4, 0.5) is 9.59 Å². The van der Waals surface area contributed by atoms with E-state index in [2.05, 4.69) is 5.43 Å². The van der Waals surface area contributed by atoms with Crippen LogP contribution in [0.15, 0.2) is 11.6 Å². The first kappa shape index (κ1) is 18.6. The minimum absolute atomic E-state index is 0.150. The van der Waals surface area contributed by atoms with Gasteiger partial charge in [0.1, 0.15) is 0 Å². The van der Waals surface area contributed by atoms with Crippen molar-refractivity contribution >= 4 is 18.0 Å². The fourth-order valence-corrected chi connectivity index (χ4v) is 1.62. The summed E-state index contributed by atoms with van der Waals surface area (Å²) in [6, 6.07) is 0. The van der Waals surface area contributed by atoms with Gasteiger partial charge in [-0.25, -0.2) is 15.0 Å². The van der Waals surface area contributed by atoms with E-state index in [1.54, 1.807) is 34.6 Å². The minimum atomic E-state index is -0.952. The summed E-state index contributed by atoms with van der Waals surface area (Å²) < 4.78 is 20.2. The van der Waals surface area contributed by atoms with E-state index in [0.29, 0.717) is 5.01 Å². The molecule has 9 nitrogen and oxygen atoms in total. The van der Waals surface area contributed by atoms with Crippen molar-refractivity contribution in [1.82, 2.24) is 10.4 Å². The third-order valence-corrected chi connectivity index (χ3v) is 2.36. The quantitative estimate of drug-likeness (QED) is 0.765. The second kappa shape index (κ2) is 8.25. The highest BCUT2D eigenvalue weighted by Gasteiger charge is 2.37. The molecule has 0 atom stereocenters. The smallest absolute Gasteiger partial charge is 0.434 e. The Kier molecular flexibility index (Phi) is 6.67. The highest BCUT2D eigenvalue weighted by Crippen LogP contribution is 2.21. The predicted molar refractivity (Wildman–Crippen MR) is 77.8 cm³/mol. The van der Waals surface area contributed by atoms with Gasteiger partial charge in [0.05, 0.1) is 18.8 Å². The summed E-state index contributed by atoms with van der Waals surface area (Å²) in [6.45, 7) is 8.16. The Labute approximate surface area is 134 Å². The summed E-state index contributed by atoms with van der Waals surface area (Å²) in [6.07, 6.45) is -2.73. The zero-order valence-electron chi connectivity index (χ0n) is 13.9. The van der Waals surface area contributed by atoms with Crippen LogP contribution in [0.5, 0.6) is 0 Å². The number of amides is 2. The lowest BCUT2D eigenvalue weighted by molar-refractivity contribution is -0.118. The van der Waals surface area contributed by atoms with E-state index in [-0.39, 0.29) is 24.9 Å². The number of hydrogen-bond donors (Lipinski definition) is 1. The first-order valence-corrected chi connectivity index (χ1v) is 7.27. The molecule has 2 amide bonds. The number of nitrogens with one attached hydrogen (secondary N) is 1. The average Bonchev–Trinajstić information content (AvgIpc) is 2.76. The van der Waals surface area contributed by atoms with Crippen LogP contribution in [0.3, 0.4) is 0 Å². The first-order chi connectivity index (χ1) is 10.8. The fourth-order valence-electron chi connectivity index (χ4n) is 1.62. The number of ketones is 1. The number of hydrazine groups is 1. The van der Waals surface area contributed by atoms with Crippen molar-refractivity contribution < 1.29 is 33.3 Å². The molecule has 1 rings (SSSR count). The monoisotopic (exact) mass is 330 g/mol. The largest absolute Gasteiger partial charge is 0.464 e. The van der Waals surface area contributed by atoms with Gasteiger partial charge in [-0.15, -0.1) is 0 Å². The Morgan fingerprint density at radius 1 is 1.22 bits per heavy atom.